The molecule has 98 valence electrons. The number of aromatic nitrogens is 2. The number of rotatable bonds is 6. The zero-order valence-corrected chi connectivity index (χ0v) is 12.3. The summed E-state index contributed by atoms with van der Waals surface area (Å²) in [6, 6.07) is 6.43. The van der Waals surface area contributed by atoms with Crippen molar-refractivity contribution in [2.45, 2.75) is 25.8 Å². The summed E-state index contributed by atoms with van der Waals surface area (Å²) in [6.45, 7) is 3.18. The zero-order chi connectivity index (χ0) is 13.0. The van der Waals surface area contributed by atoms with Crippen molar-refractivity contribution in [3.05, 3.63) is 39.3 Å². The van der Waals surface area contributed by atoms with E-state index in [-0.39, 0.29) is 0 Å². The van der Waals surface area contributed by atoms with Gasteiger partial charge < -0.3 is 5.32 Å². The van der Waals surface area contributed by atoms with Gasteiger partial charge in [-0.15, -0.1) is 11.3 Å². The van der Waals surface area contributed by atoms with Crippen LogP contribution < -0.4 is 5.32 Å². The maximum absolute atomic E-state index is 6.02. The normalized spacial score (nSPS) is 12.8. The maximum Gasteiger partial charge on any atom is 0.0931 e. The number of aryl methyl sites for hydroxylation is 1. The number of nitrogens with zero attached hydrogens (tertiary/aromatic N) is 2. The molecule has 18 heavy (non-hydrogen) atoms. The summed E-state index contributed by atoms with van der Waals surface area (Å²) in [5.41, 5.74) is 1.11. The lowest BCUT2D eigenvalue weighted by Gasteiger charge is -2.15. The molecule has 0 aromatic carbocycles. The molecule has 0 bridgehead atoms. The number of thiophene rings is 1. The molecular weight excluding hydrogens is 266 g/mol. The Balaban J connectivity index is 2.09. The lowest BCUT2D eigenvalue weighted by molar-refractivity contribution is 0.528. The van der Waals surface area contributed by atoms with E-state index in [2.05, 4.69) is 29.5 Å². The molecule has 2 heterocycles. The standard InChI is InChI=1S/C13H18ClN3S/c1-3-7-15-11(12-4-5-13(14)18-12)9-10-6-8-17(2)16-10/h4-6,8,11,15H,3,7,9H2,1-2H3. The summed E-state index contributed by atoms with van der Waals surface area (Å²) in [7, 11) is 1.94. The molecule has 0 radical (unpaired) electrons. The fourth-order valence-electron chi connectivity index (χ4n) is 1.89. The fourth-order valence-corrected chi connectivity index (χ4v) is 3.03. The van der Waals surface area contributed by atoms with Crippen LogP contribution in [0, 0.1) is 0 Å². The van der Waals surface area contributed by atoms with Gasteiger partial charge in [0, 0.05) is 30.6 Å². The van der Waals surface area contributed by atoms with Crippen LogP contribution in [-0.4, -0.2) is 16.3 Å². The monoisotopic (exact) mass is 283 g/mol. The summed E-state index contributed by atoms with van der Waals surface area (Å²) in [6.07, 6.45) is 4.00. The minimum absolute atomic E-state index is 0.303. The van der Waals surface area contributed by atoms with Crippen LogP contribution in [0.15, 0.2) is 24.4 Å². The van der Waals surface area contributed by atoms with Crippen LogP contribution in [0.2, 0.25) is 4.34 Å². The number of nitrogens with one attached hydrogen (secondary N) is 1. The number of halogens is 1. The van der Waals surface area contributed by atoms with E-state index < -0.39 is 0 Å². The molecule has 0 fully saturated rings. The molecule has 0 aliphatic heterocycles. The Kier molecular flexibility index (Phi) is 4.80. The van der Waals surface area contributed by atoms with Gasteiger partial charge in [0.1, 0.15) is 0 Å². The van der Waals surface area contributed by atoms with Crippen LogP contribution in [0.4, 0.5) is 0 Å². The Bertz CT molecular complexity index is 492. The smallest absolute Gasteiger partial charge is 0.0931 e. The third kappa shape index (κ3) is 3.57. The highest BCUT2D eigenvalue weighted by molar-refractivity contribution is 7.16. The zero-order valence-electron chi connectivity index (χ0n) is 10.7. The first kappa shape index (κ1) is 13.6. The van der Waals surface area contributed by atoms with E-state index in [9.17, 15) is 0 Å². The molecule has 0 saturated heterocycles. The second-order valence-electron chi connectivity index (χ2n) is 4.33. The van der Waals surface area contributed by atoms with Gasteiger partial charge in [-0.05, 0) is 31.2 Å². The Labute approximate surface area is 117 Å². The predicted molar refractivity (Wildman–Crippen MR) is 77.3 cm³/mol. The van der Waals surface area contributed by atoms with Crippen LogP contribution in [0.1, 0.15) is 30.0 Å². The molecule has 5 heteroatoms. The van der Waals surface area contributed by atoms with Crippen LogP contribution >= 0.6 is 22.9 Å². The molecule has 0 amide bonds. The summed E-state index contributed by atoms with van der Waals surface area (Å²) in [5.74, 6) is 0. The number of hydrogen-bond donors (Lipinski definition) is 1. The summed E-state index contributed by atoms with van der Waals surface area (Å²) in [5, 5.41) is 8.00. The van der Waals surface area contributed by atoms with Crippen LogP contribution in [-0.2, 0) is 13.5 Å². The minimum Gasteiger partial charge on any atom is -0.309 e. The van der Waals surface area contributed by atoms with Crippen LogP contribution in [0.5, 0.6) is 0 Å². The average Bonchev–Trinajstić information content (AvgIpc) is 2.93. The van der Waals surface area contributed by atoms with E-state index in [1.54, 1.807) is 11.3 Å². The molecule has 2 rings (SSSR count). The Hall–Kier alpha value is -0.840. The van der Waals surface area contributed by atoms with Crippen molar-refractivity contribution in [2.75, 3.05) is 6.54 Å². The summed E-state index contributed by atoms with van der Waals surface area (Å²) >= 11 is 7.66. The van der Waals surface area contributed by atoms with E-state index in [4.69, 9.17) is 11.6 Å². The van der Waals surface area contributed by atoms with E-state index in [0.717, 1.165) is 29.4 Å². The Morgan fingerprint density at radius 1 is 1.44 bits per heavy atom. The fraction of sp³-hybridized carbons (Fsp3) is 0.462. The van der Waals surface area contributed by atoms with Gasteiger partial charge in [-0.1, -0.05) is 18.5 Å². The van der Waals surface area contributed by atoms with Gasteiger partial charge in [-0.2, -0.15) is 5.10 Å². The van der Waals surface area contributed by atoms with Gasteiger partial charge in [0.25, 0.3) is 0 Å². The van der Waals surface area contributed by atoms with Gasteiger partial charge in [-0.3, -0.25) is 4.68 Å². The third-order valence-electron chi connectivity index (χ3n) is 2.76. The van der Waals surface area contributed by atoms with Gasteiger partial charge in [-0.25, -0.2) is 0 Å². The molecule has 2 aromatic heterocycles. The highest BCUT2D eigenvalue weighted by Crippen LogP contribution is 2.28. The SMILES string of the molecule is CCCNC(Cc1ccn(C)n1)c1ccc(Cl)s1. The molecule has 3 nitrogen and oxygen atoms in total. The molecule has 0 saturated carbocycles. The van der Waals surface area contributed by atoms with Gasteiger partial charge >= 0.3 is 0 Å². The second kappa shape index (κ2) is 6.36. The first-order chi connectivity index (χ1) is 8.69. The van der Waals surface area contributed by atoms with Crippen molar-refractivity contribution >= 4 is 22.9 Å². The first-order valence-corrected chi connectivity index (χ1v) is 7.35. The van der Waals surface area contributed by atoms with Gasteiger partial charge in [0.15, 0.2) is 0 Å². The molecule has 0 aliphatic rings. The first-order valence-electron chi connectivity index (χ1n) is 6.16. The third-order valence-corrected chi connectivity index (χ3v) is 4.11. The molecule has 1 unspecified atom stereocenters. The Morgan fingerprint density at radius 3 is 2.83 bits per heavy atom. The lowest BCUT2D eigenvalue weighted by atomic mass is 10.1. The molecule has 2 aromatic rings. The van der Waals surface area contributed by atoms with Crippen molar-refractivity contribution < 1.29 is 0 Å². The van der Waals surface area contributed by atoms with Crippen molar-refractivity contribution in [1.29, 1.82) is 0 Å². The number of hydrogen-bond acceptors (Lipinski definition) is 3. The van der Waals surface area contributed by atoms with Gasteiger partial charge in [0.05, 0.1) is 10.0 Å². The average molecular weight is 284 g/mol. The highest BCUT2D eigenvalue weighted by Gasteiger charge is 2.15. The van der Waals surface area contributed by atoms with Crippen molar-refractivity contribution in [3.63, 3.8) is 0 Å². The molecule has 1 N–H and O–H groups in total. The highest BCUT2D eigenvalue weighted by atomic mass is 35.5. The van der Waals surface area contributed by atoms with Crippen molar-refractivity contribution in [3.8, 4) is 0 Å². The maximum atomic E-state index is 6.02. The molecule has 1 atom stereocenters. The van der Waals surface area contributed by atoms with Crippen molar-refractivity contribution in [1.82, 2.24) is 15.1 Å². The summed E-state index contributed by atoms with van der Waals surface area (Å²) in [4.78, 5) is 1.28. The van der Waals surface area contributed by atoms with Crippen LogP contribution in [0.25, 0.3) is 0 Å². The van der Waals surface area contributed by atoms with Crippen LogP contribution in [0.3, 0.4) is 0 Å². The van der Waals surface area contributed by atoms with Gasteiger partial charge in [0.2, 0.25) is 0 Å². The molecule has 0 aliphatic carbocycles. The second-order valence-corrected chi connectivity index (χ2v) is 6.08. The van der Waals surface area contributed by atoms with E-state index >= 15 is 0 Å². The molecular formula is C13H18ClN3S. The topological polar surface area (TPSA) is 29.9 Å². The lowest BCUT2D eigenvalue weighted by Crippen LogP contribution is -2.23. The quantitative estimate of drug-likeness (QED) is 0.880. The van der Waals surface area contributed by atoms with E-state index in [0.29, 0.717) is 6.04 Å². The molecule has 0 spiro atoms. The predicted octanol–water partition coefficient (Wildman–Crippen LogP) is 3.42. The minimum atomic E-state index is 0.303. The van der Waals surface area contributed by atoms with E-state index in [1.807, 2.05) is 24.0 Å². The van der Waals surface area contributed by atoms with E-state index in [1.165, 1.54) is 4.88 Å². The summed E-state index contributed by atoms with van der Waals surface area (Å²) < 4.78 is 2.68. The Morgan fingerprint density at radius 2 is 2.28 bits per heavy atom. The van der Waals surface area contributed by atoms with Crippen molar-refractivity contribution in [2.24, 2.45) is 7.05 Å². The largest absolute Gasteiger partial charge is 0.309 e.